The molecule has 33 heavy (non-hydrogen) atoms. The number of anilines is 2. The molecule has 0 aliphatic rings. The first-order valence-corrected chi connectivity index (χ1v) is 10.8. The van der Waals surface area contributed by atoms with Crippen molar-refractivity contribution in [2.45, 2.75) is 32.4 Å². The van der Waals surface area contributed by atoms with Crippen molar-refractivity contribution >= 4 is 28.9 Å². The summed E-state index contributed by atoms with van der Waals surface area (Å²) < 4.78 is 1.81. The lowest BCUT2D eigenvalue weighted by atomic mass is 10.1. The summed E-state index contributed by atoms with van der Waals surface area (Å²) in [6, 6.07) is 16.8. The highest BCUT2D eigenvalue weighted by molar-refractivity contribution is 5.88. The number of hydrogen-bond acceptors (Lipinski definition) is 7. The number of imidazole rings is 1. The average Bonchev–Trinajstić information content (AvgIpc) is 3.27. The van der Waals surface area contributed by atoms with Gasteiger partial charge in [-0.2, -0.15) is 9.97 Å². The van der Waals surface area contributed by atoms with Crippen LogP contribution >= 0.6 is 0 Å². The maximum absolute atomic E-state index is 11.4. The van der Waals surface area contributed by atoms with Crippen molar-refractivity contribution in [2.24, 2.45) is 0 Å². The monoisotopic (exact) mass is 446 g/mol. The number of rotatable bonds is 10. The third-order valence-corrected chi connectivity index (χ3v) is 5.29. The number of carbonyl (C=O) groups is 1. The minimum Gasteiger partial charge on any atom is -0.480 e. The SMILES string of the molecule is CC(Nc1nc(NCCCc2ccccc2)nc2c1ncn2-c1ccc(CO)cc1)C(=O)O. The molecule has 2 aromatic carbocycles. The zero-order valence-corrected chi connectivity index (χ0v) is 18.3. The quantitative estimate of drug-likeness (QED) is 0.274. The van der Waals surface area contributed by atoms with Crippen molar-refractivity contribution in [3.8, 4) is 5.69 Å². The first kappa shape index (κ1) is 22.2. The second-order valence-corrected chi connectivity index (χ2v) is 7.73. The maximum atomic E-state index is 11.4. The molecule has 0 saturated carbocycles. The van der Waals surface area contributed by atoms with E-state index in [-0.39, 0.29) is 6.61 Å². The summed E-state index contributed by atoms with van der Waals surface area (Å²) >= 11 is 0. The molecule has 9 nitrogen and oxygen atoms in total. The standard InChI is InChI=1S/C24H26N6O3/c1-16(23(32)33)27-21-20-22(30(15-26-20)19-11-9-18(14-31)10-12-19)29-24(28-21)25-13-5-8-17-6-3-2-4-7-17/h2-4,6-7,9-12,15-16,31H,5,8,13-14H2,1H3,(H,32,33)(H2,25,27,28,29). The van der Waals surface area contributed by atoms with Gasteiger partial charge in [-0.25, -0.2) is 4.98 Å². The van der Waals surface area contributed by atoms with E-state index in [1.54, 1.807) is 13.3 Å². The smallest absolute Gasteiger partial charge is 0.325 e. The van der Waals surface area contributed by atoms with Gasteiger partial charge in [0.1, 0.15) is 12.4 Å². The number of aromatic nitrogens is 4. The maximum Gasteiger partial charge on any atom is 0.325 e. The third kappa shape index (κ3) is 5.27. The molecule has 0 bridgehead atoms. The predicted octanol–water partition coefficient (Wildman–Crippen LogP) is 3.24. The molecule has 0 spiro atoms. The highest BCUT2D eigenvalue weighted by atomic mass is 16.4. The molecule has 0 fully saturated rings. The van der Waals surface area contributed by atoms with E-state index < -0.39 is 12.0 Å². The Labute approximate surface area is 191 Å². The summed E-state index contributed by atoms with van der Waals surface area (Å²) in [6.07, 6.45) is 3.44. The zero-order valence-electron chi connectivity index (χ0n) is 18.3. The highest BCUT2D eigenvalue weighted by Gasteiger charge is 2.18. The number of aliphatic carboxylic acids is 1. The van der Waals surface area contributed by atoms with E-state index in [0.29, 0.717) is 29.5 Å². The number of carboxylic acids is 1. The van der Waals surface area contributed by atoms with Gasteiger partial charge >= 0.3 is 5.97 Å². The molecule has 4 aromatic rings. The highest BCUT2D eigenvalue weighted by Crippen LogP contribution is 2.24. The molecule has 1 atom stereocenters. The number of carboxylic acid groups (broad SMARTS) is 1. The first-order chi connectivity index (χ1) is 16.0. The van der Waals surface area contributed by atoms with Crippen LogP contribution in [0.3, 0.4) is 0 Å². The Kier molecular flexibility index (Phi) is 6.80. The number of nitrogens with zero attached hydrogens (tertiary/aromatic N) is 4. The fourth-order valence-corrected chi connectivity index (χ4v) is 3.43. The number of hydrogen-bond donors (Lipinski definition) is 4. The molecule has 0 aliphatic heterocycles. The van der Waals surface area contributed by atoms with Gasteiger partial charge in [-0.05, 0) is 43.0 Å². The van der Waals surface area contributed by atoms with Crippen LogP contribution in [0.5, 0.6) is 0 Å². The van der Waals surface area contributed by atoms with Crippen LogP contribution in [0.15, 0.2) is 60.9 Å². The molecule has 2 heterocycles. The van der Waals surface area contributed by atoms with Crippen molar-refractivity contribution in [3.05, 3.63) is 72.1 Å². The normalized spacial score (nSPS) is 11.9. The van der Waals surface area contributed by atoms with E-state index in [9.17, 15) is 15.0 Å². The van der Waals surface area contributed by atoms with Crippen LogP contribution in [0.1, 0.15) is 24.5 Å². The molecule has 170 valence electrons. The van der Waals surface area contributed by atoms with Gasteiger partial charge < -0.3 is 20.8 Å². The molecule has 0 amide bonds. The van der Waals surface area contributed by atoms with Crippen LogP contribution in [-0.2, 0) is 17.8 Å². The number of nitrogens with one attached hydrogen (secondary N) is 2. The van der Waals surface area contributed by atoms with Crippen molar-refractivity contribution in [3.63, 3.8) is 0 Å². The van der Waals surface area contributed by atoms with E-state index in [0.717, 1.165) is 24.1 Å². The minimum atomic E-state index is -0.988. The second kappa shape index (κ2) is 10.1. The number of aliphatic hydroxyl groups is 1. The number of aryl methyl sites for hydroxylation is 1. The first-order valence-electron chi connectivity index (χ1n) is 10.8. The van der Waals surface area contributed by atoms with Gasteiger partial charge in [0.25, 0.3) is 0 Å². The molecule has 1 unspecified atom stereocenters. The molecule has 9 heteroatoms. The van der Waals surface area contributed by atoms with Crippen LogP contribution < -0.4 is 10.6 Å². The summed E-state index contributed by atoms with van der Waals surface area (Å²) in [7, 11) is 0. The van der Waals surface area contributed by atoms with E-state index >= 15 is 0 Å². The molecule has 0 aliphatic carbocycles. The van der Waals surface area contributed by atoms with Crippen molar-refractivity contribution in [1.29, 1.82) is 0 Å². The predicted molar refractivity (Wildman–Crippen MR) is 127 cm³/mol. The minimum absolute atomic E-state index is 0.0364. The van der Waals surface area contributed by atoms with Crippen LogP contribution in [0.25, 0.3) is 16.9 Å². The molecular formula is C24H26N6O3. The van der Waals surface area contributed by atoms with Gasteiger partial charge in [-0.3, -0.25) is 9.36 Å². The molecule has 4 N–H and O–H groups in total. The molecule has 2 aromatic heterocycles. The van der Waals surface area contributed by atoms with Crippen LogP contribution in [0, 0.1) is 0 Å². The number of benzene rings is 2. The Bertz CT molecular complexity index is 1220. The molecular weight excluding hydrogens is 420 g/mol. The topological polar surface area (TPSA) is 125 Å². The summed E-state index contributed by atoms with van der Waals surface area (Å²) in [6.45, 7) is 2.17. The number of fused-ring (bicyclic) bond motifs is 1. The van der Waals surface area contributed by atoms with E-state index in [4.69, 9.17) is 0 Å². The lowest BCUT2D eigenvalue weighted by Crippen LogP contribution is -2.26. The van der Waals surface area contributed by atoms with Gasteiger partial charge in [0.15, 0.2) is 17.0 Å². The second-order valence-electron chi connectivity index (χ2n) is 7.73. The largest absolute Gasteiger partial charge is 0.480 e. The van der Waals surface area contributed by atoms with Crippen molar-refractivity contribution in [1.82, 2.24) is 19.5 Å². The lowest BCUT2D eigenvalue weighted by molar-refractivity contribution is -0.137. The van der Waals surface area contributed by atoms with Crippen LogP contribution in [0.2, 0.25) is 0 Å². The Morgan fingerprint density at radius 1 is 1.06 bits per heavy atom. The fourth-order valence-electron chi connectivity index (χ4n) is 3.43. The average molecular weight is 447 g/mol. The van der Waals surface area contributed by atoms with E-state index in [1.807, 2.05) is 47.0 Å². The van der Waals surface area contributed by atoms with Gasteiger partial charge in [0, 0.05) is 12.2 Å². The lowest BCUT2D eigenvalue weighted by Gasteiger charge is -2.13. The van der Waals surface area contributed by atoms with E-state index in [2.05, 4.69) is 37.7 Å². The van der Waals surface area contributed by atoms with Crippen molar-refractivity contribution < 1.29 is 15.0 Å². The fraction of sp³-hybridized carbons (Fsp3) is 0.250. The summed E-state index contributed by atoms with van der Waals surface area (Å²) in [5.74, 6) is -0.242. The Balaban J connectivity index is 1.61. The zero-order chi connectivity index (χ0) is 23.2. The van der Waals surface area contributed by atoms with Crippen molar-refractivity contribution in [2.75, 3.05) is 17.2 Å². The van der Waals surface area contributed by atoms with Crippen LogP contribution in [0.4, 0.5) is 11.8 Å². The van der Waals surface area contributed by atoms with Crippen LogP contribution in [-0.4, -0.2) is 48.3 Å². The van der Waals surface area contributed by atoms with Gasteiger partial charge in [0.05, 0.1) is 6.61 Å². The summed E-state index contributed by atoms with van der Waals surface area (Å²) in [5, 5.41) is 24.8. The Morgan fingerprint density at radius 3 is 2.52 bits per heavy atom. The van der Waals surface area contributed by atoms with Gasteiger partial charge in [0.2, 0.25) is 5.95 Å². The van der Waals surface area contributed by atoms with Gasteiger partial charge in [-0.1, -0.05) is 42.5 Å². The van der Waals surface area contributed by atoms with Gasteiger partial charge in [-0.15, -0.1) is 0 Å². The summed E-state index contributed by atoms with van der Waals surface area (Å²) in [4.78, 5) is 25.0. The molecule has 4 rings (SSSR count). The Hall–Kier alpha value is -3.98. The Morgan fingerprint density at radius 2 is 1.82 bits per heavy atom. The number of aliphatic hydroxyl groups excluding tert-OH is 1. The third-order valence-electron chi connectivity index (χ3n) is 5.29. The molecule has 0 saturated heterocycles. The molecule has 0 radical (unpaired) electrons. The van der Waals surface area contributed by atoms with E-state index in [1.165, 1.54) is 5.56 Å². The summed E-state index contributed by atoms with van der Waals surface area (Å²) in [5.41, 5.74) is 3.91.